The first kappa shape index (κ1) is 14.5. The Labute approximate surface area is 151 Å². The maximum atomic E-state index is 13.4. The molecule has 2 fully saturated rings. The lowest BCUT2D eigenvalue weighted by Crippen LogP contribution is -2.41. The zero-order chi connectivity index (χ0) is 17.5. The van der Waals surface area contributed by atoms with Crippen LogP contribution in [0.15, 0.2) is 36.7 Å². The predicted octanol–water partition coefficient (Wildman–Crippen LogP) is 2.32. The van der Waals surface area contributed by atoms with Crippen LogP contribution in [0.25, 0.3) is 0 Å². The van der Waals surface area contributed by atoms with E-state index in [1.165, 1.54) is 16.7 Å². The number of aromatic nitrogens is 1. The molecule has 2 aromatic rings. The molecule has 7 rings (SSSR count). The SMILES string of the molecule is O=C1OC2(CCN(C(=O)C3(c4ccc5cc4C5)CC3)C2)c2ccncc21. The highest BCUT2D eigenvalue weighted by Crippen LogP contribution is 2.54. The first-order valence-corrected chi connectivity index (χ1v) is 9.21. The van der Waals surface area contributed by atoms with Crippen LogP contribution in [0.5, 0.6) is 0 Å². The number of rotatable bonds is 2. The molecule has 3 aliphatic carbocycles. The van der Waals surface area contributed by atoms with Gasteiger partial charge in [0.1, 0.15) is 0 Å². The minimum Gasteiger partial charge on any atom is -0.449 e. The zero-order valence-electron chi connectivity index (χ0n) is 14.3. The summed E-state index contributed by atoms with van der Waals surface area (Å²) in [4.78, 5) is 31.6. The molecule has 1 atom stereocenters. The van der Waals surface area contributed by atoms with E-state index in [9.17, 15) is 9.59 Å². The lowest BCUT2D eigenvalue weighted by molar-refractivity contribution is -0.134. The highest BCUT2D eigenvalue weighted by Gasteiger charge is 2.58. The van der Waals surface area contributed by atoms with Crippen molar-refractivity contribution in [1.29, 1.82) is 0 Å². The number of nitrogens with zero attached hydrogens (tertiary/aromatic N) is 2. The van der Waals surface area contributed by atoms with Gasteiger partial charge in [-0.05, 0) is 42.0 Å². The molecule has 1 saturated carbocycles. The maximum Gasteiger partial charge on any atom is 0.341 e. The molecule has 1 saturated heterocycles. The molecule has 5 nitrogen and oxygen atoms in total. The number of likely N-dealkylation sites (tertiary alicyclic amines) is 1. The average Bonchev–Trinajstić information content (AvgIpc) is 3.28. The summed E-state index contributed by atoms with van der Waals surface area (Å²) in [5.41, 5.74) is 4.28. The first-order chi connectivity index (χ1) is 12.6. The van der Waals surface area contributed by atoms with Crippen molar-refractivity contribution < 1.29 is 14.3 Å². The molecule has 5 aliphatic rings. The van der Waals surface area contributed by atoms with Crippen LogP contribution in [0, 0.1) is 0 Å². The summed E-state index contributed by atoms with van der Waals surface area (Å²) in [6.07, 6.45) is 6.75. The van der Waals surface area contributed by atoms with E-state index in [1.807, 2.05) is 11.0 Å². The largest absolute Gasteiger partial charge is 0.449 e. The second kappa shape index (κ2) is 4.53. The topological polar surface area (TPSA) is 59.5 Å². The van der Waals surface area contributed by atoms with Gasteiger partial charge in [-0.3, -0.25) is 9.78 Å². The van der Waals surface area contributed by atoms with E-state index in [1.54, 1.807) is 12.4 Å². The third-order valence-electron chi connectivity index (χ3n) is 6.58. The Balaban J connectivity index is 1.32. The van der Waals surface area contributed by atoms with Gasteiger partial charge in [-0.2, -0.15) is 0 Å². The molecule has 1 amide bonds. The smallest absolute Gasteiger partial charge is 0.341 e. The number of ether oxygens (including phenoxy) is 1. The third-order valence-corrected chi connectivity index (χ3v) is 6.58. The lowest BCUT2D eigenvalue weighted by Gasteiger charge is -2.29. The Morgan fingerprint density at radius 1 is 1.15 bits per heavy atom. The second-order valence-electron chi connectivity index (χ2n) is 8.03. The van der Waals surface area contributed by atoms with Crippen molar-refractivity contribution >= 4 is 11.9 Å². The van der Waals surface area contributed by atoms with Crippen molar-refractivity contribution in [3.8, 4) is 0 Å². The second-order valence-corrected chi connectivity index (χ2v) is 8.03. The number of esters is 1. The zero-order valence-corrected chi connectivity index (χ0v) is 14.3. The van der Waals surface area contributed by atoms with Crippen LogP contribution in [0.3, 0.4) is 0 Å². The Morgan fingerprint density at radius 2 is 2.00 bits per heavy atom. The molecule has 1 spiro atoms. The van der Waals surface area contributed by atoms with Gasteiger partial charge >= 0.3 is 5.97 Å². The quantitative estimate of drug-likeness (QED) is 0.668. The summed E-state index contributed by atoms with van der Waals surface area (Å²) in [5.74, 6) is -0.125. The maximum absolute atomic E-state index is 13.4. The minimum atomic E-state index is -0.690. The van der Waals surface area contributed by atoms with Crippen LogP contribution in [-0.4, -0.2) is 34.8 Å². The molecule has 1 aromatic heterocycles. The van der Waals surface area contributed by atoms with Crippen molar-refractivity contribution in [3.05, 3.63) is 64.5 Å². The standard InChI is InChI=1S/C21H18N2O3/c24-18-15-11-22-7-3-17(15)21(26-18)6-8-23(12-21)19(25)20(4-5-20)16-2-1-13-9-14(16)10-13/h1-3,7,9,11H,4-6,8,10,12H2. The van der Waals surface area contributed by atoms with Crippen LogP contribution in [0.1, 0.15) is 51.9 Å². The van der Waals surface area contributed by atoms with E-state index < -0.39 is 5.60 Å². The van der Waals surface area contributed by atoms with Gasteiger partial charge in [-0.25, -0.2) is 4.79 Å². The third kappa shape index (κ3) is 1.68. The van der Waals surface area contributed by atoms with Crippen LogP contribution in [0.4, 0.5) is 0 Å². The predicted molar refractivity (Wildman–Crippen MR) is 92.7 cm³/mol. The number of hydrogen-bond donors (Lipinski definition) is 0. The van der Waals surface area contributed by atoms with Gasteiger partial charge in [0, 0.05) is 30.9 Å². The molecule has 1 aromatic carbocycles. The van der Waals surface area contributed by atoms with Crippen LogP contribution < -0.4 is 0 Å². The van der Waals surface area contributed by atoms with E-state index in [0.717, 1.165) is 24.8 Å². The van der Waals surface area contributed by atoms with E-state index in [0.29, 0.717) is 25.1 Å². The van der Waals surface area contributed by atoms with E-state index in [-0.39, 0.29) is 17.3 Å². The number of fused-ring (bicyclic) bond motifs is 4. The molecule has 130 valence electrons. The van der Waals surface area contributed by atoms with Gasteiger partial charge in [0.25, 0.3) is 0 Å². The van der Waals surface area contributed by atoms with Crippen molar-refractivity contribution in [2.45, 2.75) is 36.7 Å². The van der Waals surface area contributed by atoms with Gasteiger partial charge in [-0.15, -0.1) is 0 Å². The summed E-state index contributed by atoms with van der Waals surface area (Å²) in [5, 5.41) is 0. The molecule has 3 heterocycles. The number of hydrogen-bond acceptors (Lipinski definition) is 4. The van der Waals surface area contributed by atoms with Gasteiger partial charge in [-0.1, -0.05) is 18.2 Å². The summed E-state index contributed by atoms with van der Waals surface area (Å²) < 4.78 is 5.76. The molecule has 2 aliphatic heterocycles. The Hall–Kier alpha value is -2.69. The monoisotopic (exact) mass is 346 g/mol. The number of carbonyl (C=O) groups excluding carboxylic acids is 2. The summed E-state index contributed by atoms with van der Waals surface area (Å²) in [6.45, 7) is 1.08. The first-order valence-electron chi connectivity index (χ1n) is 9.21. The lowest BCUT2D eigenvalue weighted by atomic mass is 9.80. The number of carbonyl (C=O) groups is 2. The fourth-order valence-corrected chi connectivity index (χ4v) is 4.99. The van der Waals surface area contributed by atoms with E-state index in [2.05, 4.69) is 23.2 Å². The van der Waals surface area contributed by atoms with Crippen LogP contribution >= 0.6 is 0 Å². The van der Waals surface area contributed by atoms with Gasteiger partial charge < -0.3 is 9.64 Å². The molecule has 0 N–H and O–H groups in total. The molecule has 5 heteroatoms. The molecular weight excluding hydrogens is 328 g/mol. The van der Waals surface area contributed by atoms with Crippen molar-refractivity contribution in [2.75, 3.05) is 13.1 Å². The summed E-state index contributed by atoms with van der Waals surface area (Å²) in [6, 6.07) is 8.34. The average molecular weight is 346 g/mol. The van der Waals surface area contributed by atoms with Crippen LogP contribution in [-0.2, 0) is 27.0 Å². The van der Waals surface area contributed by atoms with Gasteiger partial charge in [0.15, 0.2) is 5.60 Å². The molecule has 0 radical (unpaired) electrons. The minimum absolute atomic E-state index is 0.198. The Morgan fingerprint density at radius 3 is 2.73 bits per heavy atom. The summed E-state index contributed by atoms with van der Waals surface area (Å²) >= 11 is 0. The van der Waals surface area contributed by atoms with Crippen molar-refractivity contribution in [2.24, 2.45) is 0 Å². The number of pyridine rings is 1. The Bertz CT molecular complexity index is 991. The van der Waals surface area contributed by atoms with Gasteiger partial charge in [0.05, 0.1) is 17.5 Å². The fourth-order valence-electron chi connectivity index (χ4n) is 4.99. The molecule has 1 unspecified atom stereocenters. The number of amides is 1. The highest BCUT2D eigenvalue weighted by molar-refractivity contribution is 5.95. The summed E-state index contributed by atoms with van der Waals surface area (Å²) in [7, 11) is 0. The molecule has 2 bridgehead atoms. The van der Waals surface area contributed by atoms with Gasteiger partial charge in [0.2, 0.25) is 5.91 Å². The van der Waals surface area contributed by atoms with E-state index in [4.69, 9.17) is 4.74 Å². The van der Waals surface area contributed by atoms with Crippen molar-refractivity contribution in [3.63, 3.8) is 0 Å². The van der Waals surface area contributed by atoms with E-state index >= 15 is 0 Å². The fraction of sp³-hybridized carbons (Fsp3) is 0.381. The highest BCUT2D eigenvalue weighted by atomic mass is 16.6. The molecular formula is C21H18N2O3. The molecule has 26 heavy (non-hydrogen) atoms. The number of benzene rings is 1. The van der Waals surface area contributed by atoms with Crippen molar-refractivity contribution in [1.82, 2.24) is 9.88 Å². The normalized spacial score (nSPS) is 26.5. The Kier molecular flexibility index (Phi) is 2.52. The van der Waals surface area contributed by atoms with Crippen LogP contribution in [0.2, 0.25) is 0 Å².